The van der Waals surface area contributed by atoms with E-state index in [0.717, 1.165) is 32.5 Å². The minimum Gasteiger partial charge on any atom is -0.395 e. The molecule has 2 heterocycles. The van der Waals surface area contributed by atoms with Crippen molar-refractivity contribution in [3.8, 4) is 0 Å². The maximum absolute atomic E-state index is 12.5. The van der Waals surface area contributed by atoms with Crippen molar-refractivity contribution < 1.29 is 9.32 Å². The Balaban J connectivity index is 1.75. The first-order valence-corrected chi connectivity index (χ1v) is 10.3. The van der Waals surface area contributed by atoms with Crippen LogP contribution in [-0.2, 0) is 10.8 Å². The standard InChI is InChI=1S/C19H17N3O2S2/c1-12(10-23)26(24)14-3-4-16-15(9-14)17(6-7-20-16)22-13-2-5-19-18(8-13)21-11-25-19/h2-9,11-12,23H,10H2,1H3,(H,20,22). The molecule has 0 fully saturated rings. The minimum absolute atomic E-state index is 0.115. The number of nitrogens with one attached hydrogen (secondary N) is 1. The molecule has 2 aromatic heterocycles. The van der Waals surface area contributed by atoms with Crippen LogP contribution in [0.1, 0.15) is 6.92 Å². The molecule has 4 aromatic rings. The van der Waals surface area contributed by atoms with Crippen molar-refractivity contribution in [2.24, 2.45) is 0 Å². The predicted octanol–water partition coefficient (Wildman–Crippen LogP) is 4.08. The molecule has 2 aromatic carbocycles. The number of aliphatic hydroxyl groups excluding tert-OH is 1. The minimum atomic E-state index is -1.27. The molecule has 26 heavy (non-hydrogen) atoms. The highest BCUT2D eigenvalue weighted by Gasteiger charge is 2.14. The third-order valence-electron chi connectivity index (χ3n) is 4.18. The second kappa shape index (κ2) is 7.11. The van der Waals surface area contributed by atoms with Crippen molar-refractivity contribution in [2.75, 3.05) is 11.9 Å². The molecular formula is C19H17N3O2S2. The molecule has 5 nitrogen and oxygen atoms in total. The van der Waals surface area contributed by atoms with Crippen LogP contribution in [0.25, 0.3) is 21.1 Å². The number of hydrogen-bond acceptors (Lipinski definition) is 6. The molecule has 0 spiro atoms. The topological polar surface area (TPSA) is 75.1 Å². The lowest BCUT2D eigenvalue weighted by atomic mass is 10.2. The summed E-state index contributed by atoms with van der Waals surface area (Å²) in [6.45, 7) is 1.65. The molecule has 0 aliphatic heterocycles. The summed E-state index contributed by atoms with van der Waals surface area (Å²) in [5, 5.41) is 13.3. The average molecular weight is 383 g/mol. The van der Waals surface area contributed by atoms with Gasteiger partial charge in [-0.15, -0.1) is 11.3 Å². The van der Waals surface area contributed by atoms with E-state index in [9.17, 15) is 9.32 Å². The Hall–Kier alpha value is -2.35. The van der Waals surface area contributed by atoms with Crippen molar-refractivity contribution >= 4 is 54.6 Å². The van der Waals surface area contributed by atoms with Gasteiger partial charge in [-0.05, 0) is 49.4 Å². The van der Waals surface area contributed by atoms with E-state index in [1.54, 1.807) is 24.5 Å². The quantitative estimate of drug-likeness (QED) is 0.543. The molecular weight excluding hydrogens is 366 g/mol. The maximum Gasteiger partial charge on any atom is 0.0832 e. The van der Waals surface area contributed by atoms with Crippen LogP contribution < -0.4 is 5.32 Å². The lowest BCUT2D eigenvalue weighted by Crippen LogP contribution is -2.15. The van der Waals surface area contributed by atoms with Gasteiger partial charge in [-0.3, -0.25) is 9.19 Å². The van der Waals surface area contributed by atoms with Crippen LogP contribution in [0.5, 0.6) is 0 Å². The summed E-state index contributed by atoms with van der Waals surface area (Å²) in [5.74, 6) is 0. The Morgan fingerprint density at radius 2 is 2.04 bits per heavy atom. The highest BCUT2D eigenvalue weighted by molar-refractivity contribution is 7.85. The summed E-state index contributed by atoms with van der Waals surface area (Å²) < 4.78 is 13.7. The van der Waals surface area contributed by atoms with E-state index in [0.29, 0.717) is 4.90 Å². The molecule has 7 heteroatoms. The number of aromatic nitrogens is 2. The van der Waals surface area contributed by atoms with E-state index in [1.807, 2.05) is 48.0 Å². The molecule has 0 saturated carbocycles. The van der Waals surface area contributed by atoms with Crippen LogP contribution >= 0.6 is 11.3 Å². The summed E-state index contributed by atoms with van der Waals surface area (Å²) in [4.78, 5) is 9.43. The van der Waals surface area contributed by atoms with Crippen molar-refractivity contribution in [3.05, 3.63) is 54.2 Å². The van der Waals surface area contributed by atoms with Gasteiger partial charge in [0.15, 0.2) is 0 Å². The summed E-state index contributed by atoms with van der Waals surface area (Å²) in [5.41, 5.74) is 5.44. The zero-order valence-electron chi connectivity index (χ0n) is 14.0. The number of anilines is 2. The van der Waals surface area contributed by atoms with E-state index in [2.05, 4.69) is 15.3 Å². The van der Waals surface area contributed by atoms with E-state index in [4.69, 9.17) is 0 Å². The van der Waals surface area contributed by atoms with Gasteiger partial charge in [-0.1, -0.05) is 0 Å². The van der Waals surface area contributed by atoms with E-state index in [1.165, 1.54) is 0 Å². The molecule has 0 aliphatic rings. The Labute approximate surface area is 157 Å². The largest absolute Gasteiger partial charge is 0.395 e. The first-order chi connectivity index (χ1) is 12.7. The van der Waals surface area contributed by atoms with Crippen LogP contribution in [0.4, 0.5) is 11.4 Å². The third-order valence-corrected chi connectivity index (χ3v) is 6.59. The van der Waals surface area contributed by atoms with Crippen LogP contribution in [0.2, 0.25) is 0 Å². The Morgan fingerprint density at radius 1 is 1.15 bits per heavy atom. The molecule has 132 valence electrons. The van der Waals surface area contributed by atoms with Crippen molar-refractivity contribution in [3.63, 3.8) is 0 Å². The first kappa shape index (κ1) is 17.1. The fraction of sp³-hybridized carbons (Fsp3) is 0.158. The lowest BCUT2D eigenvalue weighted by molar-refractivity contribution is 0.298. The van der Waals surface area contributed by atoms with Gasteiger partial charge in [0, 0.05) is 27.9 Å². The molecule has 0 aliphatic carbocycles. The number of nitrogens with zero attached hydrogens (tertiary/aromatic N) is 2. The molecule has 0 saturated heterocycles. The number of benzene rings is 2. The van der Waals surface area contributed by atoms with Crippen molar-refractivity contribution in [1.29, 1.82) is 0 Å². The van der Waals surface area contributed by atoms with Crippen LogP contribution in [0.3, 0.4) is 0 Å². The van der Waals surface area contributed by atoms with Gasteiger partial charge in [-0.2, -0.15) is 0 Å². The van der Waals surface area contributed by atoms with Gasteiger partial charge in [0.1, 0.15) is 0 Å². The van der Waals surface area contributed by atoms with Crippen LogP contribution in [-0.4, -0.2) is 31.1 Å². The molecule has 0 amide bonds. The zero-order chi connectivity index (χ0) is 18.1. The average Bonchev–Trinajstić information content (AvgIpc) is 3.14. The highest BCUT2D eigenvalue weighted by Crippen LogP contribution is 2.29. The molecule has 0 radical (unpaired) electrons. The molecule has 2 N–H and O–H groups in total. The summed E-state index contributed by atoms with van der Waals surface area (Å²) in [6.07, 6.45) is 1.75. The number of thiazole rings is 1. The van der Waals surface area contributed by atoms with E-state index in [-0.39, 0.29) is 11.9 Å². The molecule has 2 atom stereocenters. The summed E-state index contributed by atoms with van der Waals surface area (Å²) in [6, 6.07) is 13.5. The summed E-state index contributed by atoms with van der Waals surface area (Å²) in [7, 11) is -1.27. The first-order valence-electron chi connectivity index (χ1n) is 8.16. The van der Waals surface area contributed by atoms with Crippen LogP contribution in [0.15, 0.2) is 59.1 Å². The van der Waals surface area contributed by atoms with Gasteiger partial charge < -0.3 is 10.4 Å². The number of aliphatic hydroxyl groups is 1. The highest BCUT2D eigenvalue weighted by atomic mass is 32.2. The second-order valence-corrected chi connectivity index (χ2v) is 8.75. The van der Waals surface area contributed by atoms with E-state index < -0.39 is 10.8 Å². The zero-order valence-corrected chi connectivity index (χ0v) is 15.7. The van der Waals surface area contributed by atoms with Gasteiger partial charge in [0.2, 0.25) is 0 Å². The van der Waals surface area contributed by atoms with Crippen molar-refractivity contribution in [2.45, 2.75) is 17.1 Å². The lowest BCUT2D eigenvalue weighted by Gasteiger charge is -2.12. The predicted molar refractivity (Wildman–Crippen MR) is 108 cm³/mol. The fourth-order valence-electron chi connectivity index (χ4n) is 2.75. The SMILES string of the molecule is CC(CO)S(=O)c1ccc2nccc(Nc3ccc4scnc4c3)c2c1. The van der Waals surface area contributed by atoms with Gasteiger partial charge in [-0.25, -0.2) is 4.98 Å². The number of fused-ring (bicyclic) bond motifs is 2. The van der Waals surface area contributed by atoms with Crippen molar-refractivity contribution in [1.82, 2.24) is 9.97 Å². The smallest absolute Gasteiger partial charge is 0.0832 e. The molecule has 0 bridgehead atoms. The number of hydrogen-bond donors (Lipinski definition) is 2. The molecule has 4 rings (SSSR count). The Bertz CT molecular complexity index is 1110. The Kier molecular flexibility index (Phi) is 4.67. The van der Waals surface area contributed by atoms with Gasteiger partial charge >= 0.3 is 0 Å². The third kappa shape index (κ3) is 3.21. The maximum atomic E-state index is 12.5. The van der Waals surface area contributed by atoms with Gasteiger partial charge in [0.05, 0.1) is 43.9 Å². The molecule has 2 unspecified atom stereocenters. The fourth-order valence-corrected chi connectivity index (χ4v) is 4.45. The summed E-state index contributed by atoms with van der Waals surface area (Å²) >= 11 is 1.61. The van der Waals surface area contributed by atoms with Crippen LogP contribution in [0, 0.1) is 0 Å². The number of pyridine rings is 1. The monoisotopic (exact) mass is 383 g/mol. The van der Waals surface area contributed by atoms with E-state index >= 15 is 0 Å². The second-order valence-electron chi connectivity index (χ2n) is 5.99. The number of rotatable bonds is 5. The normalized spacial score (nSPS) is 13.8. The van der Waals surface area contributed by atoms with Gasteiger partial charge in [0.25, 0.3) is 0 Å². The Morgan fingerprint density at radius 3 is 2.88 bits per heavy atom.